The van der Waals surface area contributed by atoms with Crippen LogP contribution in [0, 0.1) is 5.92 Å². The summed E-state index contributed by atoms with van der Waals surface area (Å²) < 4.78 is 21.1. The van der Waals surface area contributed by atoms with Crippen LogP contribution in [0.5, 0.6) is 23.0 Å². The zero-order valence-corrected chi connectivity index (χ0v) is 16.8. The van der Waals surface area contributed by atoms with E-state index in [0.717, 1.165) is 5.69 Å². The van der Waals surface area contributed by atoms with E-state index in [1.165, 1.54) is 7.11 Å². The van der Waals surface area contributed by atoms with Crippen molar-refractivity contribution >= 4 is 23.3 Å². The van der Waals surface area contributed by atoms with Gasteiger partial charge in [-0.15, -0.1) is 0 Å². The van der Waals surface area contributed by atoms with E-state index < -0.39 is 0 Å². The highest BCUT2D eigenvalue weighted by Gasteiger charge is 2.31. The second-order valence-corrected chi connectivity index (χ2v) is 7.02. The average Bonchev–Trinajstić information content (AvgIpc) is 3.37. The van der Waals surface area contributed by atoms with E-state index in [-0.39, 0.29) is 24.6 Å². The summed E-state index contributed by atoms with van der Waals surface area (Å²) >= 11 is 0. The molecule has 158 valence electrons. The number of benzene rings is 2. The van der Waals surface area contributed by atoms with Crippen LogP contribution in [-0.2, 0) is 4.79 Å². The highest BCUT2D eigenvalue weighted by Crippen LogP contribution is 2.37. The standard InChI is InChI=1S/C21H23N3O6/c1-27-16-5-3-14(8-18(16)28-2)23-21(26)22-10-13-7-20(25)24(11-13)15-4-6-17-19(9-15)30-12-29-17/h3-6,8-9,13H,7,10-12H2,1-2H3,(H2,22,23,26). The van der Waals surface area contributed by atoms with Gasteiger partial charge in [-0.3, -0.25) is 4.79 Å². The molecule has 4 rings (SSSR count). The zero-order chi connectivity index (χ0) is 21.1. The molecule has 2 aliphatic heterocycles. The molecule has 0 saturated carbocycles. The van der Waals surface area contributed by atoms with E-state index in [1.54, 1.807) is 42.3 Å². The second-order valence-electron chi connectivity index (χ2n) is 7.02. The zero-order valence-electron chi connectivity index (χ0n) is 16.8. The van der Waals surface area contributed by atoms with Gasteiger partial charge < -0.3 is 34.5 Å². The summed E-state index contributed by atoms with van der Waals surface area (Å²) in [4.78, 5) is 26.4. The average molecular weight is 413 g/mol. The lowest BCUT2D eigenvalue weighted by atomic mass is 10.1. The van der Waals surface area contributed by atoms with Crippen molar-refractivity contribution in [3.63, 3.8) is 0 Å². The van der Waals surface area contributed by atoms with Crippen molar-refractivity contribution in [2.75, 3.05) is 44.3 Å². The lowest BCUT2D eigenvalue weighted by Crippen LogP contribution is -2.34. The summed E-state index contributed by atoms with van der Waals surface area (Å²) in [6.07, 6.45) is 0.366. The Morgan fingerprint density at radius 2 is 1.90 bits per heavy atom. The summed E-state index contributed by atoms with van der Waals surface area (Å²) in [5, 5.41) is 5.59. The van der Waals surface area contributed by atoms with Crippen LogP contribution in [0.15, 0.2) is 36.4 Å². The van der Waals surface area contributed by atoms with Crippen LogP contribution in [0.4, 0.5) is 16.2 Å². The highest BCUT2D eigenvalue weighted by atomic mass is 16.7. The molecule has 1 atom stereocenters. The van der Waals surface area contributed by atoms with Crippen molar-refractivity contribution < 1.29 is 28.5 Å². The third kappa shape index (κ3) is 4.05. The van der Waals surface area contributed by atoms with E-state index in [2.05, 4.69) is 10.6 Å². The Hall–Kier alpha value is -3.62. The predicted molar refractivity (Wildman–Crippen MR) is 110 cm³/mol. The van der Waals surface area contributed by atoms with Crippen molar-refractivity contribution in [3.05, 3.63) is 36.4 Å². The first kappa shape index (κ1) is 19.7. The van der Waals surface area contributed by atoms with Crippen molar-refractivity contribution in [2.24, 2.45) is 5.92 Å². The first-order valence-corrected chi connectivity index (χ1v) is 9.54. The maximum atomic E-state index is 12.5. The van der Waals surface area contributed by atoms with E-state index in [4.69, 9.17) is 18.9 Å². The molecule has 30 heavy (non-hydrogen) atoms. The minimum atomic E-state index is -0.351. The van der Waals surface area contributed by atoms with Gasteiger partial charge in [-0.25, -0.2) is 4.79 Å². The molecule has 9 heteroatoms. The molecular weight excluding hydrogens is 390 g/mol. The Kier molecular flexibility index (Phi) is 5.51. The maximum Gasteiger partial charge on any atom is 0.319 e. The smallest absolute Gasteiger partial charge is 0.319 e. The topological polar surface area (TPSA) is 98.4 Å². The van der Waals surface area contributed by atoms with Gasteiger partial charge in [0.15, 0.2) is 23.0 Å². The number of carbonyl (C=O) groups excluding carboxylic acids is 2. The number of ether oxygens (including phenoxy) is 4. The maximum absolute atomic E-state index is 12.5. The molecule has 1 saturated heterocycles. The van der Waals surface area contributed by atoms with Crippen molar-refractivity contribution in [2.45, 2.75) is 6.42 Å². The number of carbonyl (C=O) groups is 2. The number of anilines is 2. The fourth-order valence-corrected chi connectivity index (χ4v) is 3.55. The lowest BCUT2D eigenvalue weighted by Gasteiger charge is -2.17. The van der Waals surface area contributed by atoms with Gasteiger partial charge in [0.1, 0.15) is 0 Å². The normalized spacial score (nSPS) is 17.1. The molecule has 0 aromatic heterocycles. The van der Waals surface area contributed by atoms with Gasteiger partial charge in [0, 0.05) is 48.9 Å². The molecule has 2 aromatic carbocycles. The molecule has 0 radical (unpaired) electrons. The molecule has 0 bridgehead atoms. The van der Waals surface area contributed by atoms with Crippen LogP contribution < -0.4 is 34.5 Å². The Balaban J connectivity index is 1.31. The van der Waals surface area contributed by atoms with Gasteiger partial charge >= 0.3 is 6.03 Å². The van der Waals surface area contributed by atoms with Crippen LogP contribution in [-0.4, -0.2) is 46.0 Å². The molecule has 1 fully saturated rings. The summed E-state index contributed by atoms with van der Waals surface area (Å²) in [7, 11) is 3.08. The molecule has 0 spiro atoms. The summed E-state index contributed by atoms with van der Waals surface area (Å²) in [5.41, 5.74) is 1.34. The number of urea groups is 1. The molecular formula is C21H23N3O6. The Labute approximate surface area is 173 Å². The fourth-order valence-electron chi connectivity index (χ4n) is 3.55. The molecule has 2 heterocycles. The van der Waals surface area contributed by atoms with Gasteiger partial charge in [-0.2, -0.15) is 0 Å². The summed E-state index contributed by atoms with van der Waals surface area (Å²) in [6, 6.07) is 10.2. The summed E-state index contributed by atoms with van der Waals surface area (Å²) in [5.74, 6) is 2.44. The molecule has 2 aliphatic rings. The monoisotopic (exact) mass is 413 g/mol. The fraction of sp³-hybridized carbons (Fsp3) is 0.333. The van der Waals surface area contributed by atoms with Crippen LogP contribution in [0.2, 0.25) is 0 Å². The molecule has 1 unspecified atom stereocenters. The number of methoxy groups -OCH3 is 2. The van der Waals surface area contributed by atoms with Gasteiger partial charge in [0.25, 0.3) is 0 Å². The van der Waals surface area contributed by atoms with Gasteiger partial charge in [-0.1, -0.05) is 0 Å². The third-order valence-corrected chi connectivity index (χ3v) is 5.07. The van der Waals surface area contributed by atoms with E-state index in [0.29, 0.717) is 48.2 Å². The largest absolute Gasteiger partial charge is 0.493 e. The first-order valence-electron chi connectivity index (χ1n) is 9.54. The Morgan fingerprint density at radius 1 is 1.10 bits per heavy atom. The van der Waals surface area contributed by atoms with Crippen LogP contribution in [0.1, 0.15) is 6.42 Å². The predicted octanol–water partition coefficient (Wildman–Crippen LogP) is 2.61. The molecule has 2 N–H and O–H groups in total. The quantitative estimate of drug-likeness (QED) is 0.756. The number of amides is 3. The van der Waals surface area contributed by atoms with Gasteiger partial charge in [-0.05, 0) is 24.3 Å². The van der Waals surface area contributed by atoms with Crippen molar-refractivity contribution in [1.29, 1.82) is 0 Å². The second kappa shape index (κ2) is 8.40. The first-order chi connectivity index (χ1) is 14.6. The number of hydrogen-bond donors (Lipinski definition) is 2. The van der Waals surface area contributed by atoms with Crippen molar-refractivity contribution in [1.82, 2.24) is 5.32 Å². The van der Waals surface area contributed by atoms with Crippen LogP contribution in [0.25, 0.3) is 0 Å². The van der Waals surface area contributed by atoms with Crippen LogP contribution in [0.3, 0.4) is 0 Å². The summed E-state index contributed by atoms with van der Waals surface area (Å²) in [6.45, 7) is 1.09. The molecule has 3 amide bonds. The molecule has 0 aliphatic carbocycles. The SMILES string of the molecule is COc1ccc(NC(=O)NCC2CC(=O)N(c3ccc4c(c3)OCO4)C2)cc1OC. The number of nitrogens with one attached hydrogen (secondary N) is 2. The minimum Gasteiger partial charge on any atom is -0.493 e. The van der Waals surface area contributed by atoms with Gasteiger partial charge in [0.2, 0.25) is 12.7 Å². The number of rotatable bonds is 6. The van der Waals surface area contributed by atoms with E-state index in [9.17, 15) is 9.59 Å². The van der Waals surface area contributed by atoms with Crippen molar-refractivity contribution in [3.8, 4) is 23.0 Å². The van der Waals surface area contributed by atoms with E-state index >= 15 is 0 Å². The Bertz CT molecular complexity index is 964. The molecule has 2 aromatic rings. The number of fused-ring (bicyclic) bond motifs is 1. The third-order valence-electron chi connectivity index (χ3n) is 5.07. The Morgan fingerprint density at radius 3 is 2.70 bits per heavy atom. The molecule has 9 nitrogen and oxygen atoms in total. The van der Waals surface area contributed by atoms with Gasteiger partial charge in [0.05, 0.1) is 14.2 Å². The highest BCUT2D eigenvalue weighted by molar-refractivity contribution is 5.96. The lowest BCUT2D eigenvalue weighted by molar-refractivity contribution is -0.117. The minimum absolute atomic E-state index is 0.0130. The number of nitrogens with zero attached hydrogens (tertiary/aromatic N) is 1. The van der Waals surface area contributed by atoms with Crippen LogP contribution >= 0.6 is 0 Å². The number of hydrogen-bond acceptors (Lipinski definition) is 6. The van der Waals surface area contributed by atoms with E-state index in [1.807, 2.05) is 6.07 Å².